The quantitative estimate of drug-likeness (QED) is 0.325. The fourth-order valence-corrected chi connectivity index (χ4v) is 4.93. The van der Waals surface area contributed by atoms with E-state index in [1.165, 1.54) is 11.2 Å². The first kappa shape index (κ1) is 28.6. The molecule has 0 fully saturated rings. The van der Waals surface area contributed by atoms with Crippen LogP contribution in [-0.4, -0.2) is 65.6 Å². The minimum Gasteiger partial charge on any atom is -0.466 e. The summed E-state index contributed by atoms with van der Waals surface area (Å²) in [6, 6.07) is 4.52. The standard InChI is InChI=1S/C27H33F3N4O5/c1-4-37-25(35)24-21-8-7-19-16-32-14-11-20(19)23(21)34(39-26(36)27(28,29)30)33(24)15-5-12-31-13-10-17(2)22-9-6-18(3)38-22/h6,9,11,14,16-17,24,31H,4-5,7-8,10,12-13,15H2,1-3H3. The number of nitrogens with zero attached hydrogens (tertiary/aromatic N) is 3. The van der Waals surface area contributed by atoms with Crippen LogP contribution in [0.3, 0.4) is 0 Å². The highest BCUT2D eigenvalue weighted by molar-refractivity contribution is 5.87. The van der Waals surface area contributed by atoms with Crippen molar-refractivity contribution in [3.63, 3.8) is 0 Å². The van der Waals surface area contributed by atoms with Gasteiger partial charge in [-0.2, -0.15) is 18.2 Å². The summed E-state index contributed by atoms with van der Waals surface area (Å²) in [4.78, 5) is 34.1. The van der Waals surface area contributed by atoms with Gasteiger partial charge in [0.25, 0.3) is 0 Å². The Morgan fingerprint density at radius 3 is 2.72 bits per heavy atom. The fraction of sp³-hybridized carbons (Fsp3) is 0.519. The third-order valence-electron chi connectivity index (χ3n) is 6.83. The summed E-state index contributed by atoms with van der Waals surface area (Å²) in [5.41, 5.74) is 2.16. The molecular weight excluding hydrogens is 517 g/mol. The number of hydrazine groups is 1. The number of nitrogens with one attached hydrogen (secondary N) is 1. The van der Waals surface area contributed by atoms with Crippen LogP contribution in [0.15, 0.2) is 40.6 Å². The van der Waals surface area contributed by atoms with Crippen molar-refractivity contribution in [1.82, 2.24) is 20.5 Å². The highest BCUT2D eigenvalue weighted by Crippen LogP contribution is 2.43. The normalized spacial score (nSPS) is 18.1. The molecule has 3 heterocycles. The molecule has 1 aliphatic heterocycles. The lowest BCUT2D eigenvalue weighted by molar-refractivity contribution is -0.267. The Bertz CT molecular complexity index is 1210. The van der Waals surface area contributed by atoms with Crippen LogP contribution in [0.1, 0.15) is 61.7 Å². The Hall–Kier alpha value is -3.38. The average Bonchev–Trinajstić information content (AvgIpc) is 3.47. The van der Waals surface area contributed by atoms with Gasteiger partial charge < -0.3 is 19.3 Å². The Kier molecular flexibility index (Phi) is 8.96. The third-order valence-corrected chi connectivity index (χ3v) is 6.83. The molecule has 2 atom stereocenters. The van der Waals surface area contributed by atoms with Gasteiger partial charge in [-0.3, -0.25) is 4.98 Å². The van der Waals surface area contributed by atoms with Crippen molar-refractivity contribution in [2.45, 2.75) is 64.6 Å². The average molecular weight is 551 g/mol. The maximum Gasteiger partial charge on any atom is 0.493 e. The summed E-state index contributed by atoms with van der Waals surface area (Å²) in [7, 11) is 0. The second-order valence-corrected chi connectivity index (χ2v) is 9.62. The Labute approximate surface area is 224 Å². The number of hydroxylamine groups is 1. The van der Waals surface area contributed by atoms with Crippen molar-refractivity contribution in [2.75, 3.05) is 26.2 Å². The number of pyridine rings is 1. The number of hydrogen-bond acceptors (Lipinski definition) is 9. The van der Waals surface area contributed by atoms with Crippen LogP contribution in [-0.2, 0) is 25.6 Å². The van der Waals surface area contributed by atoms with E-state index in [4.69, 9.17) is 14.0 Å². The van der Waals surface area contributed by atoms with Gasteiger partial charge in [0.2, 0.25) is 0 Å². The van der Waals surface area contributed by atoms with Crippen LogP contribution in [0.4, 0.5) is 13.2 Å². The zero-order valence-corrected chi connectivity index (χ0v) is 22.2. The van der Waals surface area contributed by atoms with Gasteiger partial charge in [-0.1, -0.05) is 6.92 Å². The van der Waals surface area contributed by atoms with Crippen molar-refractivity contribution in [3.05, 3.63) is 58.8 Å². The van der Waals surface area contributed by atoms with E-state index < -0.39 is 24.2 Å². The van der Waals surface area contributed by atoms with Crippen LogP contribution in [0, 0.1) is 6.92 Å². The van der Waals surface area contributed by atoms with E-state index >= 15 is 0 Å². The minimum atomic E-state index is -5.21. The van der Waals surface area contributed by atoms with Gasteiger partial charge >= 0.3 is 18.1 Å². The van der Waals surface area contributed by atoms with Gasteiger partial charge in [-0.05, 0) is 82.0 Å². The lowest BCUT2D eigenvalue weighted by atomic mass is 9.88. The van der Waals surface area contributed by atoms with Crippen molar-refractivity contribution in [2.24, 2.45) is 0 Å². The summed E-state index contributed by atoms with van der Waals surface area (Å²) in [5.74, 6) is -0.981. The number of carbonyl (C=O) groups excluding carboxylic acids is 2. The molecule has 212 valence electrons. The molecule has 1 aliphatic carbocycles. The maximum atomic E-state index is 13.3. The first-order chi connectivity index (χ1) is 18.6. The van der Waals surface area contributed by atoms with Crippen LogP contribution in [0.2, 0.25) is 0 Å². The molecule has 0 saturated heterocycles. The molecule has 2 aliphatic rings. The topological polar surface area (TPSA) is 97.1 Å². The predicted molar refractivity (Wildman–Crippen MR) is 135 cm³/mol. The molecule has 2 aromatic rings. The minimum absolute atomic E-state index is 0.101. The monoisotopic (exact) mass is 550 g/mol. The third kappa shape index (κ3) is 6.44. The second kappa shape index (κ2) is 12.2. The maximum absolute atomic E-state index is 13.3. The number of aromatic nitrogens is 1. The second-order valence-electron chi connectivity index (χ2n) is 9.62. The Balaban J connectivity index is 1.49. The zero-order chi connectivity index (χ0) is 28.2. The van der Waals surface area contributed by atoms with Crippen LogP contribution < -0.4 is 5.32 Å². The number of carbonyl (C=O) groups is 2. The summed E-state index contributed by atoms with van der Waals surface area (Å²) < 4.78 is 50.7. The Morgan fingerprint density at radius 1 is 1.23 bits per heavy atom. The van der Waals surface area contributed by atoms with Crippen LogP contribution in [0.5, 0.6) is 0 Å². The molecule has 2 aromatic heterocycles. The molecule has 0 aromatic carbocycles. The van der Waals surface area contributed by atoms with E-state index in [9.17, 15) is 22.8 Å². The lowest BCUT2D eigenvalue weighted by Crippen LogP contribution is -2.49. The van der Waals surface area contributed by atoms with Gasteiger partial charge in [0.15, 0.2) is 6.04 Å². The molecule has 0 amide bonds. The summed E-state index contributed by atoms with van der Waals surface area (Å²) in [6.45, 7) is 7.10. The van der Waals surface area contributed by atoms with E-state index in [2.05, 4.69) is 17.2 Å². The molecule has 39 heavy (non-hydrogen) atoms. The van der Waals surface area contributed by atoms with Crippen molar-refractivity contribution in [3.8, 4) is 0 Å². The predicted octanol–water partition coefficient (Wildman–Crippen LogP) is 4.30. The zero-order valence-electron chi connectivity index (χ0n) is 22.2. The number of fused-ring (bicyclic) bond motifs is 2. The number of hydrogen-bond donors (Lipinski definition) is 1. The van der Waals surface area contributed by atoms with E-state index in [0.29, 0.717) is 43.5 Å². The van der Waals surface area contributed by atoms with Gasteiger partial charge in [0.05, 0.1) is 6.61 Å². The Morgan fingerprint density at radius 2 is 2.03 bits per heavy atom. The van der Waals surface area contributed by atoms with E-state index in [1.54, 1.807) is 19.2 Å². The number of furan rings is 1. The summed E-state index contributed by atoms with van der Waals surface area (Å²) >= 11 is 0. The molecule has 9 nitrogen and oxygen atoms in total. The van der Waals surface area contributed by atoms with Crippen LogP contribution in [0.25, 0.3) is 5.70 Å². The fourth-order valence-electron chi connectivity index (χ4n) is 4.93. The van der Waals surface area contributed by atoms with E-state index in [0.717, 1.165) is 28.7 Å². The van der Waals surface area contributed by atoms with Gasteiger partial charge in [-0.25, -0.2) is 9.59 Å². The molecule has 12 heteroatoms. The molecule has 0 spiro atoms. The van der Waals surface area contributed by atoms with Gasteiger partial charge in [0, 0.05) is 30.4 Å². The highest BCUT2D eigenvalue weighted by atomic mass is 19.4. The number of esters is 1. The molecular formula is C27H33F3N4O5. The molecule has 1 N–H and O–H groups in total. The largest absolute Gasteiger partial charge is 0.493 e. The van der Waals surface area contributed by atoms with E-state index in [1.807, 2.05) is 19.1 Å². The van der Waals surface area contributed by atoms with Crippen LogP contribution >= 0.6 is 0 Å². The number of ether oxygens (including phenoxy) is 1. The lowest BCUT2D eigenvalue weighted by Gasteiger charge is -2.33. The van der Waals surface area contributed by atoms with E-state index in [-0.39, 0.29) is 24.8 Å². The number of aryl methyl sites for hydroxylation is 2. The van der Waals surface area contributed by atoms with Crippen molar-refractivity contribution < 1.29 is 36.8 Å². The summed E-state index contributed by atoms with van der Waals surface area (Å²) in [5, 5.41) is 5.53. The number of rotatable bonds is 11. The molecule has 0 bridgehead atoms. The SMILES string of the molecule is CCOC(=O)C1C2=C(c3ccncc3CC2)N(OC(=O)C(F)(F)F)N1CCCNCCC(C)c1ccc(C)o1. The summed E-state index contributed by atoms with van der Waals surface area (Å²) in [6.07, 6.45) is 0.147. The van der Waals surface area contributed by atoms with Gasteiger partial charge in [0.1, 0.15) is 17.2 Å². The van der Waals surface area contributed by atoms with Crippen molar-refractivity contribution >= 4 is 17.6 Å². The number of alkyl halides is 3. The molecule has 0 radical (unpaired) electrons. The first-order valence-electron chi connectivity index (χ1n) is 13.1. The van der Waals surface area contributed by atoms with Crippen molar-refractivity contribution in [1.29, 1.82) is 0 Å². The smallest absolute Gasteiger partial charge is 0.466 e. The first-order valence-corrected chi connectivity index (χ1v) is 13.1. The highest BCUT2D eigenvalue weighted by Gasteiger charge is 2.51. The molecule has 4 rings (SSSR count). The number of halogens is 3. The van der Waals surface area contributed by atoms with Gasteiger partial charge in [-0.15, -0.1) is 5.17 Å². The molecule has 0 saturated carbocycles. The molecule has 2 unspecified atom stereocenters.